The van der Waals surface area contributed by atoms with Crippen LogP contribution in [0.15, 0.2) is 198 Å². The molecule has 0 amide bonds. The predicted molar refractivity (Wildman–Crippen MR) is 244 cm³/mol. The van der Waals surface area contributed by atoms with Gasteiger partial charge in [-0.1, -0.05) is 149 Å². The largest absolute Gasteiger partial charge is 0.456 e. The predicted octanol–water partition coefficient (Wildman–Crippen LogP) is 15.4. The van der Waals surface area contributed by atoms with E-state index in [1.54, 1.807) is 0 Å². The van der Waals surface area contributed by atoms with Gasteiger partial charge in [0.25, 0.3) is 0 Å². The maximum absolute atomic E-state index is 6.81. The van der Waals surface area contributed by atoms with Gasteiger partial charge in [0.15, 0.2) is 0 Å². The Kier molecular flexibility index (Phi) is 8.75. The van der Waals surface area contributed by atoms with Crippen molar-refractivity contribution in [2.75, 3.05) is 4.90 Å². The van der Waals surface area contributed by atoms with Crippen LogP contribution in [0, 0.1) is 5.92 Å². The first-order valence-corrected chi connectivity index (χ1v) is 20.4. The molecular formula is C55H45NO2. The van der Waals surface area contributed by atoms with Crippen molar-refractivity contribution < 1.29 is 8.83 Å². The van der Waals surface area contributed by atoms with Crippen molar-refractivity contribution in [1.29, 1.82) is 0 Å². The van der Waals surface area contributed by atoms with Gasteiger partial charge in [-0.05, 0) is 106 Å². The number of benzene rings is 7. The van der Waals surface area contributed by atoms with Crippen LogP contribution in [0.1, 0.15) is 60.9 Å². The second kappa shape index (κ2) is 14.3. The summed E-state index contributed by atoms with van der Waals surface area (Å²) in [7, 11) is 0. The Morgan fingerprint density at radius 3 is 2.10 bits per heavy atom. The van der Waals surface area contributed by atoms with Crippen molar-refractivity contribution in [1.82, 2.24) is 0 Å². The fraction of sp³-hybridized carbons (Fsp3) is 0.127. The molecule has 3 heterocycles. The molecule has 0 radical (unpaired) electrons. The van der Waals surface area contributed by atoms with Crippen LogP contribution in [0.4, 0.5) is 11.4 Å². The molecule has 1 aliphatic rings. The third-order valence-corrected chi connectivity index (χ3v) is 12.8. The fourth-order valence-corrected chi connectivity index (χ4v) is 9.82. The van der Waals surface area contributed by atoms with Gasteiger partial charge < -0.3 is 13.7 Å². The molecule has 0 bridgehead atoms. The zero-order valence-corrected chi connectivity index (χ0v) is 33.2. The highest BCUT2D eigenvalue weighted by molar-refractivity contribution is 6.08. The highest BCUT2D eigenvalue weighted by Gasteiger charge is 2.45. The number of fused-ring (bicyclic) bond motifs is 7. The lowest BCUT2D eigenvalue weighted by Crippen LogP contribution is -2.40. The van der Waals surface area contributed by atoms with E-state index >= 15 is 0 Å². The number of allylic oxidation sites excluding steroid dienone is 4. The zero-order valence-electron chi connectivity index (χ0n) is 33.2. The first kappa shape index (κ1) is 35.6. The Balaban J connectivity index is 1.12. The summed E-state index contributed by atoms with van der Waals surface area (Å²) in [6, 6.07) is 58.6. The summed E-state index contributed by atoms with van der Waals surface area (Å²) >= 11 is 0. The number of nitrogens with zero attached hydrogens (tertiary/aromatic N) is 1. The Morgan fingerprint density at radius 1 is 0.603 bits per heavy atom. The Labute approximate surface area is 339 Å². The Morgan fingerprint density at radius 2 is 1.28 bits per heavy atom. The molecule has 0 saturated heterocycles. The van der Waals surface area contributed by atoms with E-state index in [0.717, 1.165) is 78.6 Å². The van der Waals surface area contributed by atoms with Gasteiger partial charge in [0.2, 0.25) is 0 Å². The molecule has 0 saturated carbocycles. The molecule has 3 unspecified atom stereocenters. The fourth-order valence-electron chi connectivity index (χ4n) is 9.82. The van der Waals surface area contributed by atoms with Crippen molar-refractivity contribution in [2.45, 2.75) is 38.5 Å². The molecule has 3 heteroatoms. The number of hydrogen-bond acceptors (Lipinski definition) is 3. The van der Waals surface area contributed by atoms with Gasteiger partial charge in [-0.25, -0.2) is 0 Å². The molecule has 282 valence electrons. The SMILES string of the molecule is C=C1/C=C(c2ccc3c(c2)oc2cccc(C(C)C(c4ccccc4)(c4ccc5c(c4)oc4ccccc45)C(C)CC)c23)\C=C/N(c2ccccc2)c2ccccc21. The van der Waals surface area contributed by atoms with Crippen molar-refractivity contribution in [3.05, 3.63) is 217 Å². The first-order chi connectivity index (χ1) is 28.4. The maximum atomic E-state index is 6.81. The average molecular weight is 752 g/mol. The van der Waals surface area contributed by atoms with Gasteiger partial charge in [-0.3, -0.25) is 0 Å². The van der Waals surface area contributed by atoms with Crippen LogP contribution < -0.4 is 4.90 Å². The maximum Gasteiger partial charge on any atom is 0.136 e. The first-order valence-electron chi connectivity index (χ1n) is 20.4. The van der Waals surface area contributed by atoms with Gasteiger partial charge in [0.05, 0.1) is 5.69 Å². The molecular weight excluding hydrogens is 707 g/mol. The van der Waals surface area contributed by atoms with Gasteiger partial charge in [0, 0.05) is 44.4 Å². The van der Waals surface area contributed by atoms with E-state index in [1.165, 1.54) is 22.1 Å². The second-order valence-corrected chi connectivity index (χ2v) is 15.8. The van der Waals surface area contributed by atoms with E-state index in [9.17, 15) is 0 Å². The molecule has 0 N–H and O–H groups in total. The summed E-state index contributed by atoms with van der Waals surface area (Å²) in [5.74, 6) is 0.359. The van der Waals surface area contributed by atoms with Crippen LogP contribution in [-0.4, -0.2) is 0 Å². The molecule has 58 heavy (non-hydrogen) atoms. The lowest BCUT2D eigenvalue weighted by molar-refractivity contribution is 0.289. The lowest BCUT2D eigenvalue weighted by Gasteiger charge is -2.45. The van der Waals surface area contributed by atoms with Crippen LogP contribution in [0.2, 0.25) is 0 Å². The topological polar surface area (TPSA) is 29.5 Å². The van der Waals surface area contributed by atoms with Crippen LogP contribution in [0.5, 0.6) is 0 Å². The minimum atomic E-state index is -0.378. The molecule has 3 atom stereocenters. The number of rotatable bonds is 8. The molecule has 9 aromatic rings. The summed E-state index contributed by atoms with van der Waals surface area (Å²) in [6.45, 7) is 11.7. The van der Waals surface area contributed by atoms with E-state index in [-0.39, 0.29) is 11.3 Å². The Bertz CT molecular complexity index is 3050. The molecule has 2 aromatic heterocycles. The monoisotopic (exact) mass is 751 g/mol. The molecule has 3 nitrogen and oxygen atoms in total. The summed E-state index contributed by atoms with van der Waals surface area (Å²) in [5, 5.41) is 4.58. The summed E-state index contributed by atoms with van der Waals surface area (Å²) < 4.78 is 13.3. The van der Waals surface area contributed by atoms with Crippen LogP contribution in [0.25, 0.3) is 55.0 Å². The molecule has 0 fully saturated rings. The normalized spacial score (nSPS) is 16.7. The number of furan rings is 2. The summed E-state index contributed by atoms with van der Waals surface area (Å²) in [4.78, 5) is 2.24. The minimum absolute atomic E-state index is 0.0689. The van der Waals surface area contributed by atoms with E-state index in [0.29, 0.717) is 5.92 Å². The molecule has 1 aliphatic heterocycles. The molecule has 0 spiro atoms. The number of hydrogen-bond donors (Lipinski definition) is 0. The van der Waals surface area contributed by atoms with Crippen molar-refractivity contribution >= 4 is 66.4 Å². The van der Waals surface area contributed by atoms with Gasteiger partial charge in [0.1, 0.15) is 22.3 Å². The highest BCUT2D eigenvalue weighted by Crippen LogP contribution is 2.53. The van der Waals surface area contributed by atoms with Crippen LogP contribution in [-0.2, 0) is 5.41 Å². The lowest BCUT2D eigenvalue weighted by atomic mass is 9.57. The third kappa shape index (κ3) is 5.64. The third-order valence-electron chi connectivity index (χ3n) is 12.8. The van der Waals surface area contributed by atoms with Gasteiger partial charge in [-0.15, -0.1) is 0 Å². The van der Waals surface area contributed by atoms with Gasteiger partial charge in [-0.2, -0.15) is 0 Å². The number of para-hydroxylation sites is 3. The van der Waals surface area contributed by atoms with E-state index in [4.69, 9.17) is 8.83 Å². The zero-order chi connectivity index (χ0) is 39.4. The van der Waals surface area contributed by atoms with E-state index < -0.39 is 0 Å². The van der Waals surface area contributed by atoms with Crippen LogP contribution >= 0.6 is 0 Å². The Hall–Kier alpha value is -6.84. The van der Waals surface area contributed by atoms with Gasteiger partial charge >= 0.3 is 0 Å². The number of anilines is 2. The average Bonchev–Trinajstić information content (AvgIpc) is 3.84. The summed E-state index contributed by atoms with van der Waals surface area (Å²) in [6.07, 6.45) is 7.54. The van der Waals surface area contributed by atoms with Crippen molar-refractivity contribution in [2.24, 2.45) is 5.92 Å². The van der Waals surface area contributed by atoms with Crippen molar-refractivity contribution in [3.63, 3.8) is 0 Å². The highest BCUT2D eigenvalue weighted by atomic mass is 16.3. The minimum Gasteiger partial charge on any atom is -0.456 e. The molecule has 7 aromatic carbocycles. The van der Waals surface area contributed by atoms with E-state index in [1.807, 2.05) is 6.07 Å². The standard InChI is InChI=1S/C55H45NO2/c1-5-37(3)55(41-17-8-6-9-18-41,42-28-30-47-46-22-13-15-25-50(46)57-53(47)35-42)38(4)45-23-16-26-51-54(45)48-29-27-39(34-52(48)58-51)40-31-32-56(43-19-10-7-11-20-43)49-24-14-12-21-44(49)36(2)33-40/h6-35,37-38H,2,5H2,1,3-4H3/b32-31-,40-33+. The molecule has 0 aliphatic carbocycles. The van der Waals surface area contributed by atoms with Crippen molar-refractivity contribution in [3.8, 4) is 0 Å². The molecule has 10 rings (SSSR count). The smallest absolute Gasteiger partial charge is 0.136 e. The second-order valence-electron chi connectivity index (χ2n) is 15.8. The van der Waals surface area contributed by atoms with Crippen LogP contribution in [0.3, 0.4) is 0 Å². The summed E-state index contributed by atoms with van der Waals surface area (Å²) in [5.41, 5.74) is 13.4. The quantitative estimate of drug-likeness (QED) is 0.155. The van der Waals surface area contributed by atoms with E-state index in [2.05, 4.69) is 208 Å².